The molecule has 0 fully saturated rings. The number of carboxylic acid groups (broad SMARTS) is 1. The van der Waals surface area contributed by atoms with E-state index in [1.54, 1.807) is 18.6 Å². The zero-order valence-corrected chi connectivity index (χ0v) is 31.6. The van der Waals surface area contributed by atoms with Gasteiger partial charge >= 0.3 is 18.3 Å². The predicted molar refractivity (Wildman–Crippen MR) is 209 cm³/mol. The minimum absolute atomic E-state index is 0. The van der Waals surface area contributed by atoms with Crippen LogP contribution in [0.4, 0.5) is 38.0 Å². The summed E-state index contributed by atoms with van der Waals surface area (Å²) in [4.78, 5) is 45.3. The molecule has 25 heteroatoms. The number of alkyl halides is 6. The number of nitrogens with zero attached hydrogens (tertiary/aromatic N) is 10. The fourth-order valence-corrected chi connectivity index (χ4v) is 4.79. The zero-order valence-electron chi connectivity index (χ0n) is 30.1. The first-order chi connectivity index (χ1) is 27.8. The molecule has 6 N–H and O–H groups in total. The van der Waals surface area contributed by atoms with E-state index < -0.39 is 35.4 Å². The smallest absolute Gasteiger partial charge is 0.417 e. The Morgan fingerprint density at radius 3 is 1.55 bits per heavy atom. The van der Waals surface area contributed by atoms with Crippen molar-refractivity contribution in [2.75, 3.05) is 10.9 Å². The van der Waals surface area contributed by atoms with Crippen molar-refractivity contribution >= 4 is 59.1 Å². The molecule has 0 aliphatic rings. The summed E-state index contributed by atoms with van der Waals surface area (Å²) in [5, 5.41) is 15.7. The van der Waals surface area contributed by atoms with Gasteiger partial charge < -0.3 is 10.5 Å². The van der Waals surface area contributed by atoms with Crippen molar-refractivity contribution in [1.82, 2.24) is 54.9 Å². The molecule has 6 rings (SSSR count). The Morgan fingerprint density at radius 2 is 1.17 bits per heavy atom. The minimum atomic E-state index is -4.60. The SMILES string of the molecule is C.Cc1cc(-c2ncn(/C=C\C(=O)NNc3cnccn3)n2)cc(C(F)(F)F)c1Cl.Cc1cc(-c2ncn(/C=C\C(=O)O)n2)cc(C(F)(F)F)c1Cl.NNc1cnccn1. The van der Waals surface area contributed by atoms with Crippen LogP contribution >= 0.6 is 23.2 Å². The summed E-state index contributed by atoms with van der Waals surface area (Å²) < 4.78 is 80.5. The number of hydrazine groups is 2. The Labute approximate surface area is 346 Å². The van der Waals surface area contributed by atoms with Gasteiger partial charge in [-0.3, -0.25) is 25.6 Å². The van der Waals surface area contributed by atoms with E-state index >= 15 is 0 Å². The normalized spacial score (nSPS) is 11.2. The first-order valence-corrected chi connectivity index (χ1v) is 16.8. The van der Waals surface area contributed by atoms with Gasteiger partial charge in [-0.15, -0.1) is 10.2 Å². The molecule has 316 valence electrons. The van der Waals surface area contributed by atoms with Crippen LogP contribution in [0.25, 0.3) is 35.2 Å². The highest BCUT2D eigenvalue weighted by molar-refractivity contribution is 6.32. The van der Waals surface area contributed by atoms with Gasteiger partial charge in [0.15, 0.2) is 23.3 Å². The summed E-state index contributed by atoms with van der Waals surface area (Å²) in [7, 11) is 0. The van der Waals surface area contributed by atoms with Crippen LogP contribution in [0.3, 0.4) is 0 Å². The van der Waals surface area contributed by atoms with Crippen LogP contribution in [0.15, 0.2) is 86.3 Å². The average molecular weight is 882 g/mol. The Kier molecular flexibility index (Phi) is 16.7. The van der Waals surface area contributed by atoms with E-state index in [0.29, 0.717) is 11.6 Å². The van der Waals surface area contributed by atoms with E-state index in [2.05, 4.69) is 56.4 Å². The van der Waals surface area contributed by atoms with Gasteiger partial charge in [0.05, 0.1) is 33.6 Å². The molecule has 0 saturated heterocycles. The van der Waals surface area contributed by atoms with Gasteiger partial charge in [-0.25, -0.2) is 39.9 Å². The van der Waals surface area contributed by atoms with Crippen molar-refractivity contribution in [2.45, 2.75) is 33.6 Å². The molecule has 0 atom stereocenters. The molecule has 4 heterocycles. The van der Waals surface area contributed by atoms with Crippen LogP contribution in [0, 0.1) is 13.8 Å². The van der Waals surface area contributed by atoms with Crippen molar-refractivity contribution in [3.8, 4) is 22.8 Å². The number of carbonyl (C=O) groups is 2. The summed E-state index contributed by atoms with van der Waals surface area (Å²) in [5.74, 6) is 4.30. The number of benzene rings is 2. The van der Waals surface area contributed by atoms with Crippen LogP contribution in [0.1, 0.15) is 29.7 Å². The molecule has 2 aromatic carbocycles. The summed E-state index contributed by atoms with van der Waals surface area (Å²) in [6.07, 6.45) is 6.66. The van der Waals surface area contributed by atoms with Gasteiger partial charge in [0.25, 0.3) is 5.91 Å². The molecule has 0 aliphatic carbocycles. The molecule has 60 heavy (non-hydrogen) atoms. The lowest BCUT2D eigenvalue weighted by Gasteiger charge is -2.12. The minimum Gasteiger partial charge on any atom is -0.478 e. The topological polar surface area (TPSA) is 229 Å². The molecule has 6 aromatic rings. The number of nitrogens with two attached hydrogens (primary N) is 1. The molecule has 4 aromatic heterocycles. The second-order valence-electron chi connectivity index (χ2n) is 11.3. The lowest BCUT2D eigenvalue weighted by atomic mass is 10.1. The largest absolute Gasteiger partial charge is 0.478 e. The van der Waals surface area contributed by atoms with Crippen molar-refractivity contribution in [3.63, 3.8) is 0 Å². The number of nitrogen functional groups attached to an aromatic ring is 1. The van der Waals surface area contributed by atoms with Gasteiger partial charge in [0.1, 0.15) is 12.7 Å². The molecular weight excluding hydrogens is 849 g/mol. The van der Waals surface area contributed by atoms with Crippen molar-refractivity contribution in [3.05, 3.63) is 119 Å². The van der Waals surface area contributed by atoms with Gasteiger partial charge in [0, 0.05) is 60.5 Å². The van der Waals surface area contributed by atoms with Crippen molar-refractivity contribution < 1.29 is 41.0 Å². The lowest BCUT2D eigenvalue weighted by Crippen LogP contribution is -2.28. The van der Waals surface area contributed by atoms with E-state index in [9.17, 15) is 35.9 Å². The summed E-state index contributed by atoms with van der Waals surface area (Å²) in [6, 6.07) is 4.63. The number of aromatic nitrogens is 10. The van der Waals surface area contributed by atoms with Crippen LogP contribution in [-0.2, 0) is 21.9 Å². The number of carbonyl (C=O) groups excluding carboxylic acids is 1. The molecule has 0 aliphatic heterocycles. The third-order valence-electron chi connectivity index (χ3n) is 6.99. The fraction of sp³-hybridized carbons (Fsp3) is 0.143. The second-order valence-corrected chi connectivity index (χ2v) is 12.1. The summed E-state index contributed by atoms with van der Waals surface area (Å²) in [6.45, 7) is 2.91. The number of aryl methyl sites for hydroxylation is 2. The standard InChI is InChI=1S/C17H13ClF3N7O.C13H9ClF3N3O2.C4H6N4.CH4/c1-10-6-11(7-12(15(10)18)17(19,20)21)16-24-9-28(27-16)5-2-14(29)26-25-13-8-22-3-4-23-13;1-7-4-8(5-9(11(7)14)13(15,16)17)12-18-6-20(19-12)3-2-10(21)22;5-8-4-3-6-1-2-7-4;/h2-9H,1H3,(H,23,25)(H,26,29);2-6H,1H3,(H,21,22);1-3H,5H2,(H,7,8);1H4/b5-2-;3-2-;;. The number of aliphatic carboxylic acids is 1. The molecule has 0 unspecified atom stereocenters. The van der Waals surface area contributed by atoms with Crippen molar-refractivity contribution in [1.29, 1.82) is 0 Å². The highest BCUT2D eigenvalue weighted by Crippen LogP contribution is 2.39. The van der Waals surface area contributed by atoms with E-state index in [1.807, 2.05) is 0 Å². The van der Waals surface area contributed by atoms with Gasteiger partial charge in [-0.2, -0.15) is 26.3 Å². The van der Waals surface area contributed by atoms with Gasteiger partial charge in [-0.1, -0.05) is 30.6 Å². The first-order valence-electron chi connectivity index (χ1n) is 16.1. The van der Waals surface area contributed by atoms with Crippen molar-refractivity contribution in [2.24, 2.45) is 5.84 Å². The van der Waals surface area contributed by atoms with E-state index in [-0.39, 0.29) is 51.4 Å². The molecule has 0 spiro atoms. The number of hydrogen-bond donors (Lipinski definition) is 5. The number of rotatable bonds is 9. The number of nitrogens with one attached hydrogen (secondary N) is 3. The zero-order chi connectivity index (χ0) is 43.3. The number of amides is 1. The maximum Gasteiger partial charge on any atom is 0.417 e. The number of hydrogen-bond acceptors (Lipinski definition) is 13. The van der Waals surface area contributed by atoms with Crippen LogP contribution in [-0.4, -0.2) is 66.4 Å². The molecule has 17 nitrogen and oxygen atoms in total. The van der Waals surface area contributed by atoms with Crippen LogP contribution in [0.2, 0.25) is 10.0 Å². The molecule has 0 bridgehead atoms. The van der Waals surface area contributed by atoms with E-state index in [4.69, 9.17) is 34.2 Å². The van der Waals surface area contributed by atoms with Gasteiger partial charge in [0.2, 0.25) is 0 Å². The molecule has 0 saturated carbocycles. The number of anilines is 2. The van der Waals surface area contributed by atoms with Crippen LogP contribution < -0.4 is 22.1 Å². The molecule has 1 amide bonds. The molecular formula is C35H32Cl2F6N14O3. The third-order valence-corrected chi connectivity index (χ3v) is 7.99. The number of halogens is 8. The first kappa shape index (κ1) is 47.4. The average Bonchev–Trinajstić information content (AvgIpc) is 3.88. The van der Waals surface area contributed by atoms with Gasteiger partial charge in [-0.05, 0) is 49.2 Å². The lowest BCUT2D eigenvalue weighted by molar-refractivity contribution is -0.138. The summed E-state index contributed by atoms with van der Waals surface area (Å²) >= 11 is 11.4. The highest BCUT2D eigenvalue weighted by Gasteiger charge is 2.35. The Balaban J connectivity index is 0.000000273. The highest BCUT2D eigenvalue weighted by atomic mass is 35.5. The monoisotopic (exact) mass is 880 g/mol. The van der Waals surface area contributed by atoms with E-state index in [0.717, 1.165) is 35.2 Å². The maximum atomic E-state index is 13.1. The van der Waals surface area contributed by atoms with Crippen LogP contribution in [0.5, 0.6) is 0 Å². The fourth-order valence-electron chi connectivity index (χ4n) is 4.36. The predicted octanol–water partition coefficient (Wildman–Crippen LogP) is 7.21. The Morgan fingerprint density at radius 1 is 0.717 bits per heavy atom. The number of carboxylic acids is 1. The Hall–Kier alpha value is -6.98. The second kappa shape index (κ2) is 21.1. The summed E-state index contributed by atoms with van der Waals surface area (Å²) in [5.41, 5.74) is 6.12. The molecule has 0 radical (unpaired) electrons. The van der Waals surface area contributed by atoms with E-state index in [1.165, 1.54) is 68.1 Å². The Bertz CT molecular complexity index is 2430. The quantitative estimate of drug-likeness (QED) is 0.0419. The maximum absolute atomic E-state index is 13.1. The third kappa shape index (κ3) is 13.8.